The van der Waals surface area contributed by atoms with Gasteiger partial charge in [0, 0.05) is 20.0 Å². The average Bonchev–Trinajstić information content (AvgIpc) is 2.99. The van der Waals surface area contributed by atoms with Crippen LogP contribution in [0, 0.1) is 35.5 Å². The number of carbonyl (C=O) groups excluding carboxylic acids is 1. The van der Waals surface area contributed by atoms with Crippen molar-refractivity contribution in [3.8, 4) is 0 Å². The maximum absolute atomic E-state index is 11.9. The summed E-state index contributed by atoms with van der Waals surface area (Å²) in [5.74, 6) is 2.30. The fourth-order valence-corrected chi connectivity index (χ4v) is 6.95. The highest BCUT2D eigenvalue weighted by molar-refractivity contribution is 5.66. The van der Waals surface area contributed by atoms with Crippen molar-refractivity contribution < 1.29 is 23.7 Å². The first kappa shape index (κ1) is 20.6. The van der Waals surface area contributed by atoms with Crippen LogP contribution in [0.25, 0.3) is 0 Å². The number of rotatable bonds is 2. The molecule has 0 aromatic heterocycles. The lowest BCUT2D eigenvalue weighted by molar-refractivity contribution is -0.160. The van der Waals surface area contributed by atoms with Crippen LogP contribution in [-0.4, -0.2) is 49.7 Å². The third kappa shape index (κ3) is 3.31. The smallest absolute Gasteiger partial charge is 0.302 e. The summed E-state index contributed by atoms with van der Waals surface area (Å²) in [6, 6.07) is 0. The highest BCUT2D eigenvalue weighted by Crippen LogP contribution is 2.57. The van der Waals surface area contributed by atoms with Crippen LogP contribution in [0.3, 0.4) is 0 Å². The van der Waals surface area contributed by atoms with Crippen molar-refractivity contribution in [1.29, 1.82) is 0 Å². The van der Waals surface area contributed by atoms with Gasteiger partial charge in [0.25, 0.3) is 0 Å². The van der Waals surface area contributed by atoms with E-state index in [0.717, 1.165) is 32.3 Å². The van der Waals surface area contributed by atoms with Gasteiger partial charge in [-0.25, -0.2) is 0 Å². The summed E-state index contributed by atoms with van der Waals surface area (Å²) in [6.07, 6.45) is 4.32. The van der Waals surface area contributed by atoms with Gasteiger partial charge in [0.05, 0.1) is 30.5 Å². The molecule has 3 saturated heterocycles. The lowest BCUT2D eigenvalue weighted by Crippen LogP contribution is -2.52. The normalized spacial score (nSPS) is 53.5. The third-order valence-corrected chi connectivity index (χ3v) is 8.40. The molecule has 1 aliphatic carbocycles. The van der Waals surface area contributed by atoms with E-state index in [1.807, 2.05) is 7.11 Å². The van der Waals surface area contributed by atoms with E-state index < -0.39 is 0 Å². The van der Waals surface area contributed by atoms with Crippen LogP contribution in [-0.2, 0) is 23.7 Å². The van der Waals surface area contributed by atoms with Crippen molar-refractivity contribution in [3.63, 3.8) is 0 Å². The molecule has 4 fully saturated rings. The molecule has 3 aliphatic heterocycles. The van der Waals surface area contributed by atoms with Gasteiger partial charge in [0.15, 0.2) is 0 Å². The SMILES string of the molecule is CO[C@@H]1CC[C@]2(C)OC[C@H](C)C3C[C@@H](C)[C@@H](OC(C)=O)[C@@H]4[C@H]3[C@@H]2O[C@H]4C[C@H]1C. The predicted molar refractivity (Wildman–Crippen MR) is 106 cm³/mol. The van der Waals surface area contributed by atoms with Crippen LogP contribution in [0.1, 0.15) is 60.3 Å². The molecule has 3 heterocycles. The van der Waals surface area contributed by atoms with Gasteiger partial charge in [0.2, 0.25) is 0 Å². The molecule has 4 rings (SSSR count). The van der Waals surface area contributed by atoms with Gasteiger partial charge in [-0.05, 0) is 62.2 Å². The first-order valence-corrected chi connectivity index (χ1v) is 11.2. The molecule has 1 saturated carbocycles. The molecule has 0 radical (unpaired) electrons. The van der Waals surface area contributed by atoms with Gasteiger partial charge in [-0.2, -0.15) is 0 Å². The molecule has 2 bridgehead atoms. The van der Waals surface area contributed by atoms with Crippen LogP contribution in [0.15, 0.2) is 0 Å². The zero-order valence-corrected chi connectivity index (χ0v) is 18.4. The topological polar surface area (TPSA) is 54.0 Å². The monoisotopic (exact) mass is 394 g/mol. The van der Waals surface area contributed by atoms with Crippen LogP contribution in [0.5, 0.6) is 0 Å². The third-order valence-electron chi connectivity index (χ3n) is 8.40. The fourth-order valence-electron chi connectivity index (χ4n) is 6.95. The zero-order chi connectivity index (χ0) is 20.2. The number of esters is 1. The van der Waals surface area contributed by atoms with E-state index in [9.17, 15) is 4.79 Å². The summed E-state index contributed by atoms with van der Waals surface area (Å²) in [5.41, 5.74) is -0.303. The molecule has 0 aromatic rings. The highest BCUT2D eigenvalue weighted by atomic mass is 16.6. The Hall–Kier alpha value is -0.650. The Morgan fingerprint density at radius 2 is 1.82 bits per heavy atom. The number of ether oxygens (including phenoxy) is 4. The van der Waals surface area contributed by atoms with E-state index >= 15 is 0 Å². The van der Waals surface area contributed by atoms with E-state index in [4.69, 9.17) is 18.9 Å². The van der Waals surface area contributed by atoms with Crippen molar-refractivity contribution in [2.45, 2.75) is 90.3 Å². The second-order valence-electron chi connectivity index (χ2n) is 10.3. The summed E-state index contributed by atoms with van der Waals surface area (Å²) in [7, 11) is 1.82. The molecule has 5 nitrogen and oxygen atoms in total. The van der Waals surface area contributed by atoms with Gasteiger partial charge in [-0.1, -0.05) is 20.8 Å². The summed E-state index contributed by atoms with van der Waals surface area (Å²) in [6.45, 7) is 11.4. The first-order valence-electron chi connectivity index (χ1n) is 11.2. The fraction of sp³-hybridized carbons (Fsp3) is 0.957. The predicted octanol–water partition coefficient (Wildman–Crippen LogP) is 3.83. The number of methoxy groups -OCH3 is 1. The summed E-state index contributed by atoms with van der Waals surface area (Å²) in [4.78, 5) is 11.9. The molecule has 0 aromatic carbocycles. The van der Waals surface area contributed by atoms with Gasteiger partial charge in [-0.15, -0.1) is 0 Å². The van der Waals surface area contributed by atoms with E-state index in [-0.39, 0.29) is 41.9 Å². The van der Waals surface area contributed by atoms with E-state index in [1.165, 1.54) is 6.92 Å². The van der Waals surface area contributed by atoms with Crippen molar-refractivity contribution in [2.75, 3.05) is 13.7 Å². The van der Waals surface area contributed by atoms with Crippen molar-refractivity contribution in [3.05, 3.63) is 0 Å². The molecule has 0 amide bonds. The summed E-state index contributed by atoms with van der Waals surface area (Å²) >= 11 is 0. The molecule has 5 heteroatoms. The maximum atomic E-state index is 11.9. The molecule has 11 atom stereocenters. The Balaban J connectivity index is 1.77. The van der Waals surface area contributed by atoms with Crippen molar-refractivity contribution in [2.24, 2.45) is 35.5 Å². The number of carbonyl (C=O) groups is 1. The van der Waals surface area contributed by atoms with Crippen molar-refractivity contribution >= 4 is 5.97 Å². The minimum absolute atomic E-state index is 0.0593. The molecular weight excluding hydrogens is 356 g/mol. The molecule has 4 aliphatic rings. The Kier molecular flexibility index (Phi) is 5.56. The van der Waals surface area contributed by atoms with E-state index in [0.29, 0.717) is 29.6 Å². The number of fused-ring (bicyclic) bond motifs is 2. The van der Waals surface area contributed by atoms with Crippen LogP contribution >= 0.6 is 0 Å². The largest absolute Gasteiger partial charge is 0.462 e. The Labute approximate surface area is 169 Å². The van der Waals surface area contributed by atoms with Gasteiger partial charge in [0.1, 0.15) is 6.10 Å². The molecule has 0 spiro atoms. The lowest BCUT2D eigenvalue weighted by atomic mass is 9.59. The number of hydrogen-bond acceptors (Lipinski definition) is 5. The number of hydrogen-bond donors (Lipinski definition) is 0. The second-order valence-corrected chi connectivity index (χ2v) is 10.3. The summed E-state index contributed by atoms with van der Waals surface area (Å²) < 4.78 is 25.3. The lowest BCUT2D eigenvalue weighted by Gasteiger charge is -2.47. The average molecular weight is 395 g/mol. The molecule has 0 N–H and O–H groups in total. The molecule has 160 valence electrons. The van der Waals surface area contributed by atoms with Crippen LogP contribution < -0.4 is 0 Å². The van der Waals surface area contributed by atoms with Crippen LogP contribution in [0.2, 0.25) is 0 Å². The highest BCUT2D eigenvalue weighted by Gasteiger charge is 2.63. The minimum Gasteiger partial charge on any atom is -0.462 e. The Bertz CT molecular complexity index is 594. The van der Waals surface area contributed by atoms with Crippen molar-refractivity contribution in [1.82, 2.24) is 0 Å². The van der Waals surface area contributed by atoms with E-state index in [1.54, 1.807) is 0 Å². The van der Waals surface area contributed by atoms with Gasteiger partial charge >= 0.3 is 5.97 Å². The van der Waals surface area contributed by atoms with Gasteiger partial charge < -0.3 is 18.9 Å². The quantitative estimate of drug-likeness (QED) is 0.666. The minimum atomic E-state index is -0.303. The van der Waals surface area contributed by atoms with Crippen LogP contribution in [0.4, 0.5) is 0 Å². The summed E-state index contributed by atoms with van der Waals surface area (Å²) in [5, 5.41) is 0. The molecule has 28 heavy (non-hydrogen) atoms. The first-order chi connectivity index (χ1) is 13.2. The van der Waals surface area contributed by atoms with Gasteiger partial charge in [-0.3, -0.25) is 4.79 Å². The standard InChI is InChI=1S/C23H38O5/c1-12-10-18-20-19-16(9-13(2)21(20)27-15(4)24)14(3)11-26-23(5,22(19)28-18)8-7-17(12)25-6/h12-14,16-22H,7-11H2,1-6H3/t12-,13-,14+,16?,17-,18+,19+,20+,21-,22+,23+/m1/s1. The Morgan fingerprint density at radius 1 is 1.07 bits per heavy atom. The zero-order valence-electron chi connectivity index (χ0n) is 18.4. The maximum Gasteiger partial charge on any atom is 0.302 e. The Morgan fingerprint density at radius 3 is 2.50 bits per heavy atom. The molecular formula is C23H38O5. The second kappa shape index (κ2) is 7.55. The van der Waals surface area contributed by atoms with E-state index in [2.05, 4.69) is 27.7 Å². The molecule has 1 unspecified atom stereocenters.